The molecule has 0 saturated heterocycles. The summed E-state index contributed by atoms with van der Waals surface area (Å²) >= 11 is 0. The van der Waals surface area contributed by atoms with Gasteiger partial charge in [0.1, 0.15) is 6.29 Å². The minimum Gasteiger partial charge on any atom is -0.303 e. The maximum Gasteiger partial charge on any atom is 0.166 e. The van der Waals surface area contributed by atoms with Crippen molar-refractivity contribution in [2.24, 2.45) is 28.6 Å². The molecular weight excluding hydrogens is 312 g/mol. The van der Waals surface area contributed by atoms with Crippen LogP contribution in [0.2, 0.25) is 0 Å². The van der Waals surface area contributed by atoms with Crippen molar-refractivity contribution in [1.29, 1.82) is 0 Å². The molecule has 0 bridgehead atoms. The van der Waals surface area contributed by atoms with Crippen molar-refractivity contribution < 1.29 is 14.4 Å². The summed E-state index contributed by atoms with van der Waals surface area (Å²) in [5.74, 6) is 2.12. The molecule has 0 aromatic carbocycles. The molecule has 3 nitrogen and oxygen atoms in total. The predicted molar refractivity (Wildman–Crippen MR) is 95.9 cm³/mol. The van der Waals surface area contributed by atoms with E-state index in [9.17, 15) is 14.4 Å². The smallest absolute Gasteiger partial charge is 0.166 e. The third-order valence-corrected chi connectivity index (χ3v) is 8.11. The Hall–Kier alpha value is -1.51. The first kappa shape index (κ1) is 16.9. The third-order valence-electron chi connectivity index (χ3n) is 8.11. The molecule has 3 heteroatoms. The minimum atomic E-state index is -0.0523. The number of hydrogen-bond acceptors (Lipinski definition) is 3. The molecule has 2 saturated carbocycles. The average molecular weight is 340 g/mol. The minimum absolute atomic E-state index is 0.0228. The Balaban J connectivity index is 1.63. The van der Waals surface area contributed by atoms with Gasteiger partial charge in [-0.25, -0.2) is 0 Å². The van der Waals surface area contributed by atoms with E-state index in [4.69, 9.17) is 0 Å². The van der Waals surface area contributed by atoms with Gasteiger partial charge in [-0.2, -0.15) is 0 Å². The van der Waals surface area contributed by atoms with Crippen molar-refractivity contribution in [1.82, 2.24) is 0 Å². The lowest BCUT2D eigenvalue weighted by Crippen LogP contribution is -2.50. The highest BCUT2D eigenvalue weighted by Gasteiger charge is 2.57. The number of carbonyl (C=O) groups is 3. The number of rotatable bonds is 3. The van der Waals surface area contributed by atoms with Crippen LogP contribution in [-0.4, -0.2) is 17.9 Å². The lowest BCUT2D eigenvalue weighted by atomic mass is 9.47. The Labute approximate surface area is 149 Å². The fourth-order valence-corrected chi connectivity index (χ4v) is 6.74. The standard InChI is InChI=1S/C22H28O3/c1-21-10-7-15(24)13-14(21)3-4-16-17-5-6-19(20(25)9-12-23)22(17,2)11-8-18(16)21/h6,12-13,16-18H,3-5,7-11H2,1-2H3/t16-,17-,18-,21-,22-/m0/s1. The van der Waals surface area contributed by atoms with E-state index in [0.29, 0.717) is 30.0 Å². The van der Waals surface area contributed by atoms with E-state index in [-0.39, 0.29) is 23.0 Å². The first-order chi connectivity index (χ1) is 11.9. The van der Waals surface area contributed by atoms with Crippen molar-refractivity contribution in [2.75, 3.05) is 0 Å². The molecule has 0 unspecified atom stereocenters. The Morgan fingerprint density at radius 3 is 2.72 bits per heavy atom. The summed E-state index contributed by atoms with van der Waals surface area (Å²) < 4.78 is 0. The maximum absolute atomic E-state index is 12.4. The van der Waals surface area contributed by atoms with Crippen LogP contribution in [0.1, 0.15) is 65.2 Å². The van der Waals surface area contributed by atoms with E-state index in [1.165, 1.54) is 5.57 Å². The Morgan fingerprint density at radius 1 is 1.16 bits per heavy atom. The van der Waals surface area contributed by atoms with Crippen molar-refractivity contribution in [3.63, 3.8) is 0 Å². The summed E-state index contributed by atoms with van der Waals surface area (Å²) in [5.41, 5.74) is 2.43. The molecule has 0 N–H and O–H groups in total. The van der Waals surface area contributed by atoms with E-state index in [1.807, 2.05) is 6.08 Å². The predicted octanol–water partition coefficient (Wildman–Crippen LogP) is 4.21. The van der Waals surface area contributed by atoms with Gasteiger partial charge >= 0.3 is 0 Å². The van der Waals surface area contributed by atoms with Crippen molar-refractivity contribution in [2.45, 2.75) is 65.2 Å². The van der Waals surface area contributed by atoms with E-state index in [2.05, 4.69) is 19.9 Å². The molecule has 0 amide bonds. The van der Waals surface area contributed by atoms with E-state index in [1.54, 1.807) is 0 Å². The molecule has 0 spiro atoms. The molecule has 134 valence electrons. The second-order valence-corrected chi connectivity index (χ2v) is 9.07. The summed E-state index contributed by atoms with van der Waals surface area (Å²) in [6.07, 6.45) is 11.8. The van der Waals surface area contributed by atoms with Crippen LogP contribution in [-0.2, 0) is 14.4 Å². The van der Waals surface area contributed by atoms with Crippen LogP contribution in [0.15, 0.2) is 23.3 Å². The first-order valence-electron chi connectivity index (χ1n) is 9.81. The van der Waals surface area contributed by atoms with Gasteiger partial charge in [0.05, 0.1) is 6.42 Å². The van der Waals surface area contributed by atoms with Crippen molar-refractivity contribution in [3.05, 3.63) is 23.3 Å². The largest absolute Gasteiger partial charge is 0.303 e. The van der Waals surface area contributed by atoms with E-state index < -0.39 is 0 Å². The van der Waals surface area contributed by atoms with Crippen LogP contribution >= 0.6 is 0 Å². The summed E-state index contributed by atoms with van der Waals surface area (Å²) in [5, 5.41) is 0. The highest BCUT2D eigenvalue weighted by molar-refractivity contribution is 6.03. The molecule has 25 heavy (non-hydrogen) atoms. The molecule has 0 heterocycles. The van der Waals surface area contributed by atoms with Gasteiger partial charge in [0.2, 0.25) is 0 Å². The Morgan fingerprint density at radius 2 is 1.96 bits per heavy atom. The number of hydrogen-bond donors (Lipinski definition) is 0. The van der Waals surface area contributed by atoms with Crippen LogP contribution in [0.25, 0.3) is 0 Å². The highest BCUT2D eigenvalue weighted by atomic mass is 16.1. The number of aldehydes is 1. The molecule has 0 aromatic rings. The van der Waals surface area contributed by atoms with E-state index >= 15 is 0 Å². The topological polar surface area (TPSA) is 51.2 Å². The zero-order valence-corrected chi connectivity index (χ0v) is 15.3. The van der Waals surface area contributed by atoms with E-state index in [0.717, 1.165) is 50.4 Å². The van der Waals surface area contributed by atoms with Crippen molar-refractivity contribution in [3.8, 4) is 0 Å². The average Bonchev–Trinajstić information content (AvgIpc) is 2.93. The summed E-state index contributed by atoms with van der Waals surface area (Å²) in [6, 6.07) is 0. The SMILES string of the molecule is C[C@]12CCC(=O)C=C1CC[C@@H]1[C@@H]2CC[C@]2(C)C(C(=O)CC=O)=CC[C@@H]12. The van der Waals surface area contributed by atoms with Crippen LogP contribution < -0.4 is 0 Å². The Bertz CT molecular complexity index is 700. The molecule has 0 aromatic heterocycles. The number of fused-ring (bicyclic) bond motifs is 5. The molecule has 4 rings (SSSR count). The van der Waals surface area contributed by atoms with Crippen molar-refractivity contribution >= 4 is 17.9 Å². The summed E-state index contributed by atoms with van der Waals surface area (Å²) in [7, 11) is 0. The number of ketones is 2. The fraction of sp³-hybridized carbons (Fsp3) is 0.682. The lowest BCUT2D eigenvalue weighted by Gasteiger charge is -2.57. The van der Waals surface area contributed by atoms with Gasteiger partial charge in [-0.15, -0.1) is 0 Å². The quantitative estimate of drug-likeness (QED) is 0.571. The van der Waals surface area contributed by atoms with Gasteiger partial charge in [0, 0.05) is 6.42 Å². The highest BCUT2D eigenvalue weighted by Crippen LogP contribution is 2.65. The van der Waals surface area contributed by atoms with Crippen LogP contribution in [0.3, 0.4) is 0 Å². The fourth-order valence-electron chi connectivity index (χ4n) is 6.74. The second-order valence-electron chi connectivity index (χ2n) is 9.07. The number of Topliss-reactive ketones (excluding diaryl/α,β-unsaturated/α-hetero) is 1. The molecule has 5 atom stereocenters. The molecular formula is C22H28O3. The van der Waals surface area contributed by atoms with Gasteiger partial charge < -0.3 is 4.79 Å². The Kier molecular flexibility index (Phi) is 3.90. The number of carbonyl (C=O) groups excluding carboxylic acids is 3. The first-order valence-corrected chi connectivity index (χ1v) is 9.81. The van der Waals surface area contributed by atoms with Crippen LogP contribution in [0, 0.1) is 28.6 Å². The van der Waals surface area contributed by atoms with Gasteiger partial charge in [-0.3, -0.25) is 9.59 Å². The molecule has 2 fully saturated rings. The van der Waals surface area contributed by atoms with Gasteiger partial charge in [0.25, 0.3) is 0 Å². The van der Waals surface area contributed by atoms with Crippen LogP contribution in [0.5, 0.6) is 0 Å². The molecule has 4 aliphatic carbocycles. The monoisotopic (exact) mass is 340 g/mol. The maximum atomic E-state index is 12.4. The third kappa shape index (κ3) is 2.34. The van der Waals surface area contributed by atoms with Crippen LogP contribution in [0.4, 0.5) is 0 Å². The molecule has 0 radical (unpaired) electrons. The number of allylic oxidation sites excluding steroid dienone is 4. The van der Waals surface area contributed by atoms with Gasteiger partial charge in [0.15, 0.2) is 11.6 Å². The summed E-state index contributed by atoms with van der Waals surface area (Å²) in [6.45, 7) is 4.64. The molecule has 0 aliphatic heterocycles. The van der Waals surface area contributed by atoms with Gasteiger partial charge in [-0.1, -0.05) is 25.5 Å². The molecule has 4 aliphatic rings. The van der Waals surface area contributed by atoms with Gasteiger partial charge in [-0.05, 0) is 78.8 Å². The second kappa shape index (κ2) is 5.75. The zero-order valence-electron chi connectivity index (χ0n) is 15.3. The lowest BCUT2D eigenvalue weighted by molar-refractivity contribution is -0.122. The normalized spacial score (nSPS) is 42.6. The zero-order chi connectivity index (χ0) is 17.8. The summed E-state index contributed by atoms with van der Waals surface area (Å²) in [4.78, 5) is 35.1.